The molecule has 0 aliphatic heterocycles. The molecule has 0 aromatic rings. The monoisotopic (exact) mass is 342 g/mol. The summed E-state index contributed by atoms with van der Waals surface area (Å²) in [6.45, 7) is 11.9. The summed E-state index contributed by atoms with van der Waals surface area (Å²) >= 11 is 0. The Morgan fingerprint density at radius 2 is 1.58 bits per heavy atom. The Kier molecular flexibility index (Phi) is 10.3. The minimum atomic E-state index is -0.591. The fourth-order valence-electron chi connectivity index (χ4n) is 2.40. The Morgan fingerprint density at radius 3 is 2.00 bits per heavy atom. The van der Waals surface area contributed by atoms with Gasteiger partial charge in [-0.1, -0.05) is 41.5 Å². The standard InChI is InChI=1S/C17H34N4O3/c1-10(2)14(20-12(5)6)16(23)21-13(15(22)11(3)4)8-7-9-19-17(18)24/h10-14,20H,7-9H2,1-6H3,(H,21,23)(H3,18,19,24)/t13-,14-/m1/s1. The molecular formula is C17H34N4O3. The van der Waals surface area contributed by atoms with Gasteiger partial charge in [-0.05, 0) is 18.8 Å². The highest BCUT2D eigenvalue weighted by Gasteiger charge is 2.28. The molecule has 0 saturated carbocycles. The summed E-state index contributed by atoms with van der Waals surface area (Å²) in [5.41, 5.74) is 5.02. The van der Waals surface area contributed by atoms with E-state index in [1.807, 2.05) is 41.5 Å². The van der Waals surface area contributed by atoms with E-state index in [-0.39, 0.29) is 35.6 Å². The molecule has 0 heterocycles. The number of urea groups is 1. The zero-order valence-electron chi connectivity index (χ0n) is 15.8. The van der Waals surface area contributed by atoms with Crippen molar-refractivity contribution in [3.63, 3.8) is 0 Å². The topological polar surface area (TPSA) is 113 Å². The third-order valence-corrected chi connectivity index (χ3v) is 3.66. The number of primary amides is 1. The minimum absolute atomic E-state index is 0.00511. The summed E-state index contributed by atoms with van der Waals surface area (Å²) in [5, 5.41) is 8.61. The molecule has 0 aromatic carbocycles. The van der Waals surface area contributed by atoms with Crippen LogP contribution in [0.3, 0.4) is 0 Å². The van der Waals surface area contributed by atoms with Crippen LogP contribution in [-0.4, -0.2) is 42.4 Å². The van der Waals surface area contributed by atoms with Crippen LogP contribution in [0.2, 0.25) is 0 Å². The average molecular weight is 342 g/mol. The highest BCUT2D eigenvalue weighted by molar-refractivity contribution is 5.91. The fourth-order valence-corrected chi connectivity index (χ4v) is 2.40. The maximum atomic E-state index is 12.6. The molecule has 7 heteroatoms. The second-order valence-electron chi connectivity index (χ2n) is 7.09. The van der Waals surface area contributed by atoms with E-state index < -0.39 is 12.1 Å². The van der Waals surface area contributed by atoms with E-state index in [1.165, 1.54) is 0 Å². The minimum Gasteiger partial charge on any atom is -0.352 e. The summed E-state index contributed by atoms with van der Waals surface area (Å²) < 4.78 is 0. The first-order valence-corrected chi connectivity index (χ1v) is 8.69. The van der Waals surface area contributed by atoms with Gasteiger partial charge in [-0.2, -0.15) is 0 Å². The molecule has 5 N–H and O–H groups in total. The van der Waals surface area contributed by atoms with Gasteiger partial charge in [0, 0.05) is 18.5 Å². The zero-order valence-corrected chi connectivity index (χ0v) is 15.8. The first-order chi connectivity index (χ1) is 11.1. The van der Waals surface area contributed by atoms with Crippen LogP contribution in [0.25, 0.3) is 0 Å². The van der Waals surface area contributed by atoms with Crippen molar-refractivity contribution in [2.75, 3.05) is 6.54 Å². The number of amides is 3. The van der Waals surface area contributed by atoms with Gasteiger partial charge in [0.05, 0.1) is 12.1 Å². The van der Waals surface area contributed by atoms with Crippen LogP contribution >= 0.6 is 0 Å². The number of ketones is 1. The van der Waals surface area contributed by atoms with Gasteiger partial charge >= 0.3 is 6.03 Å². The lowest BCUT2D eigenvalue weighted by molar-refractivity contribution is -0.131. The third-order valence-electron chi connectivity index (χ3n) is 3.66. The number of nitrogens with two attached hydrogens (primary N) is 1. The summed E-state index contributed by atoms with van der Waals surface area (Å²) in [5.74, 6) is -0.233. The van der Waals surface area contributed by atoms with E-state index in [2.05, 4.69) is 16.0 Å². The van der Waals surface area contributed by atoms with Crippen LogP contribution in [0.1, 0.15) is 54.4 Å². The van der Waals surface area contributed by atoms with Gasteiger partial charge in [-0.3, -0.25) is 9.59 Å². The smallest absolute Gasteiger partial charge is 0.312 e. The maximum absolute atomic E-state index is 12.6. The van der Waals surface area contributed by atoms with Crippen molar-refractivity contribution in [2.45, 2.75) is 72.5 Å². The molecule has 0 aliphatic carbocycles. The molecule has 0 spiro atoms. The van der Waals surface area contributed by atoms with Crippen LogP contribution in [0.5, 0.6) is 0 Å². The number of hydrogen-bond acceptors (Lipinski definition) is 4. The van der Waals surface area contributed by atoms with Crippen molar-refractivity contribution in [1.29, 1.82) is 0 Å². The van der Waals surface area contributed by atoms with Crippen molar-refractivity contribution >= 4 is 17.7 Å². The molecule has 0 rings (SSSR count). The summed E-state index contributed by atoms with van der Waals surface area (Å²) in [6.07, 6.45) is 1.03. The molecule has 0 bridgehead atoms. The lowest BCUT2D eigenvalue weighted by Crippen LogP contribution is -2.54. The average Bonchev–Trinajstić information content (AvgIpc) is 2.45. The molecule has 0 saturated heterocycles. The number of nitrogens with one attached hydrogen (secondary N) is 3. The van der Waals surface area contributed by atoms with Crippen molar-refractivity contribution < 1.29 is 14.4 Å². The van der Waals surface area contributed by atoms with Gasteiger partial charge in [-0.25, -0.2) is 4.79 Å². The Bertz CT molecular complexity index is 422. The largest absolute Gasteiger partial charge is 0.352 e. The normalized spacial score (nSPS) is 13.9. The quantitative estimate of drug-likeness (QED) is 0.422. The zero-order chi connectivity index (χ0) is 18.9. The number of rotatable bonds is 11. The molecule has 2 atom stereocenters. The third kappa shape index (κ3) is 8.86. The van der Waals surface area contributed by atoms with Gasteiger partial charge in [-0.15, -0.1) is 0 Å². The maximum Gasteiger partial charge on any atom is 0.312 e. The highest BCUT2D eigenvalue weighted by atomic mass is 16.2. The van der Waals surface area contributed by atoms with Crippen LogP contribution in [0, 0.1) is 11.8 Å². The Labute approximate surface area is 145 Å². The molecule has 7 nitrogen and oxygen atoms in total. The molecule has 0 radical (unpaired) electrons. The van der Waals surface area contributed by atoms with Crippen LogP contribution in [0.4, 0.5) is 4.79 Å². The van der Waals surface area contributed by atoms with E-state index in [1.54, 1.807) is 0 Å². The summed E-state index contributed by atoms with van der Waals surface area (Å²) in [4.78, 5) is 35.7. The molecule has 24 heavy (non-hydrogen) atoms. The fraction of sp³-hybridized carbons (Fsp3) is 0.824. The second kappa shape index (κ2) is 11.0. The van der Waals surface area contributed by atoms with Gasteiger partial charge < -0.3 is 21.7 Å². The molecule has 140 valence electrons. The van der Waals surface area contributed by atoms with E-state index in [9.17, 15) is 14.4 Å². The van der Waals surface area contributed by atoms with Crippen molar-refractivity contribution in [2.24, 2.45) is 17.6 Å². The number of Topliss-reactive ketones (excluding diaryl/α,β-unsaturated/α-hetero) is 1. The highest BCUT2D eigenvalue weighted by Crippen LogP contribution is 2.09. The van der Waals surface area contributed by atoms with Crippen molar-refractivity contribution in [1.82, 2.24) is 16.0 Å². The Hall–Kier alpha value is -1.63. The van der Waals surface area contributed by atoms with Crippen LogP contribution in [0.15, 0.2) is 0 Å². The van der Waals surface area contributed by atoms with E-state index >= 15 is 0 Å². The summed E-state index contributed by atoms with van der Waals surface area (Å²) in [6, 6.07) is -1.33. The Balaban J connectivity index is 4.85. The van der Waals surface area contributed by atoms with E-state index in [0.29, 0.717) is 19.4 Å². The number of hydrogen-bond donors (Lipinski definition) is 4. The lowest BCUT2D eigenvalue weighted by atomic mass is 9.96. The Morgan fingerprint density at radius 1 is 1.00 bits per heavy atom. The van der Waals surface area contributed by atoms with Crippen LogP contribution in [-0.2, 0) is 9.59 Å². The number of carbonyl (C=O) groups is 3. The predicted octanol–water partition coefficient (Wildman–Crippen LogP) is 1.17. The number of carbonyl (C=O) groups excluding carboxylic acids is 3. The van der Waals surface area contributed by atoms with Gasteiger partial charge in [0.15, 0.2) is 5.78 Å². The van der Waals surface area contributed by atoms with Gasteiger partial charge in [0.2, 0.25) is 5.91 Å². The van der Waals surface area contributed by atoms with Crippen molar-refractivity contribution in [3.8, 4) is 0 Å². The van der Waals surface area contributed by atoms with E-state index in [0.717, 1.165) is 0 Å². The second-order valence-corrected chi connectivity index (χ2v) is 7.09. The first kappa shape index (κ1) is 22.4. The lowest BCUT2D eigenvalue weighted by Gasteiger charge is -2.27. The molecule has 0 fully saturated rings. The molecule has 0 unspecified atom stereocenters. The SMILES string of the molecule is CC(C)N[C@@H](C(=O)N[C@H](CCCNC(N)=O)C(=O)C(C)C)C(C)C. The summed E-state index contributed by atoms with van der Waals surface area (Å²) in [7, 11) is 0. The molecular weight excluding hydrogens is 308 g/mol. The molecule has 0 aliphatic rings. The molecule has 0 aromatic heterocycles. The van der Waals surface area contributed by atoms with E-state index in [4.69, 9.17) is 5.73 Å². The van der Waals surface area contributed by atoms with Gasteiger partial charge in [0.1, 0.15) is 0 Å². The van der Waals surface area contributed by atoms with Crippen LogP contribution < -0.4 is 21.7 Å². The molecule has 3 amide bonds. The van der Waals surface area contributed by atoms with Gasteiger partial charge in [0.25, 0.3) is 0 Å². The first-order valence-electron chi connectivity index (χ1n) is 8.69. The van der Waals surface area contributed by atoms with Crippen molar-refractivity contribution in [3.05, 3.63) is 0 Å². The predicted molar refractivity (Wildman–Crippen MR) is 95.5 cm³/mol.